The molecule has 3 nitrogen and oxygen atoms in total. The van der Waals surface area contributed by atoms with E-state index in [9.17, 15) is 4.79 Å². The molecule has 0 bridgehead atoms. The summed E-state index contributed by atoms with van der Waals surface area (Å²) in [6.45, 7) is 3.14. The Morgan fingerprint density at radius 1 is 1.75 bits per heavy atom. The molecule has 0 saturated heterocycles. The minimum Gasteiger partial charge on any atom is -0.325 e. The maximum atomic E-state index is 10.9. The van der Waals surface area contributed by atoms with Crippen LogP contribution >= 0.6 is 0 Å². The van der Waals surface area contributed by atoms with Crippen molar-refractivity contribution in [1.29, 1.82) is 0 Å². The van der Waals surface area contributed by atoms with Crippen molar-refractivity contribution in [3.63, 3.8) is 0 Å². The van der Waals surface area contributed by atoms with E-state index in [1.54, 1.807) is 23.0 Å². The predicted octanol–water partition coefficient (Wildman–Crippen LogP) is 0.150. The molecule has 0 atom stereocenters. The second kappa shape index (κ2) is 4.94. The molecule has 0 N–H and O–H groups in total. The van der Waals surface area contributed by atoms with Crippen molar-refractivity contribution in [2.24, 2.45) is 12.0 Å². The topological polar surface area (TPSA) is 33.3 Å². The molecule has 0 spiro atoms. The van der Waals surface area contributed by atoms with Crippen LogP contribution in [0.4, 0.5) is 0 Å². The van der Waals surface area contributed by atoms with Gasteiger partial charge in [0.05, 0.1) is 12.4 Å². The summed E-state index contributed by atoms with van der Waals surface area (Å²) in [5.74, 6) is -0.346. The molecule has 1 aromatic heterocycles. The van der Waals surface area contributed by atoms with E-state index < -0.39 is 0 Å². The van der Waals surface area contributed by atoms with E-state index in [2.05, 4.69) is 17.8 Å². The Morgan fingerprint density at radius 2 is 2.42 bits per heavy atom. The maximum Gasteiger partial charge on any atom is 0.195 e. The van der Waals surface area contributed by atoms with Crippen molar-refractivity contribution < 1.29 is 30.4 Å². The first-order valence-corrected chi connectivity index (χ1v) is 3.12. The zero-order valence-electron chi connectivity index (χ0n) is 6.65. The maximum absolute atomic E-state index is 10.9. The van der Waals surface area contributed by atoms with E-state index in [0.717, 1.165) is 0 Å². The Labute approximate surface area is 85.4 Å². The van der Waals surface area contributed by atoms with Crippen molar-refractivity contribution >= 4 is 12.6 Å². The van der Waals surface area contributed by atoms with E-state index in [4.69, 9.17) is 0 Å². The zero-order chi connectivity index (χ0) is 8.27. The van der Waals surface area contributed by atoms with Crippen molar-refractivity contribution in [2.75, 3.05) is 0 Å². The average Bonchev–Trinajstić information content (AvgIpc) is 2.03. The van der Waals surface area contributed by atoms with Crippen LogP contribution in [0.5, 0.6) is 0 Å². The Morgan fingerprint density at radius 3 is 2.92 bits per heavy atom. The summed E-state index contributed by atoms with van der Waals surface area (Å²) in [6, 6.07) is 4.42. The van der Waals surface area contributed by atoms with Crippen molar-refractivity contribution in [3.05, 3.63) is 30.1 Å². The molecule has 0 fully saturated rings. The molecule has 1 rings (SSSR count). The van der Waals surface area contributed by atoms with Crippen LogP contribution in [-0.4, -0.2) is 12.6 Å². The van der Waals surface area contributed by atoms with Gasteiger partial charge >= 0.3 is 0 Å². The van der Waals surface area contributed by atoms with Crippen LogP contribution in [0.2, 0.25) is 0 Å². The monoisotopic (exact) mass is 332 g/mol. The fourth-order valence-corrected chi connectivity index (χ4v) is 0.731. The van der Waals surface area contributed by atoms with Crippen LogP contribution in [0, 0.1) is 6.07 Å². The summed E-state index contributed by atoms with van der Waals surface area (Å²) in [4.78, 5) is 14.2. The number of hydrogen-bond acceptors (Lipinski definition) is 1. The van der Waals surface area contributed by atoms with Crippen molar-refractivity contribution in [3.8, 4) is 0 Å². The summed E-state index contributed by atoms with van der Waals surface area (Å²) in [7, 11) is 1.83. The molecule has 4 heteroatoms. The third kappa shape index (κ3) is 2.66. The fraction of sp³-hybridized carbons (Fsp3) is 0.125. The number of pyridine rings is 1. The molecule has 0 aromatic carbocycles. The van der Waals surface area contributed by atoms with E-state index >= 15 is 0 Å². The summed E-state index contributed by atoms with van der Waals surface area (Å²) >= 11 is 0. The minimum absolute atomic E-state index is 0. The van der Waals surface area contributed by atoms with E-state index in [1.165, 1.54) is 0 Å². The predicted molar refractivity (Wildman–Crippen MR) is 40.3 cm³/mol. The smallest absolute Gasteiger partial charge is 0.195 e. The third-order valence-corrected chi connectivity index (χ3v) is 1.26. The molecule has 12 heavy (non-hydrogen) atoms. The van der Waals surface area contributed by atoms with Gasteiger partial charge in [-0.05, 0) is 12.3 Å². The quantitative estimate of drug-likeness (QED) is 0.410. The fourth-order valence-electron chi connectivity index (χ4n) is 0.731. The molecule has 0 aliphatic heterocycles. The molecule has 0 aliphatic carbocycles. The van der Waals surface area contributed by atoms with Crippen LogP contribution in [0.15, 0.2) is 23.5 Å². The van der Waals surface area contributed by atoms with E-state index in [0.29, 0.717) is 5.56 Å². The van der Waals surface area contributed by atoms with Crippen LogP contribution in [0.1, 0.15) is 10.4 Å². The SMILES string of the molecule is C=NC(=O)c1[c-]cc[n+](C)c1.[W]. The number of amides is 1. The van der Waals surface area contributed by atoms with Gasteiger partial charge in [-0.15, -0.1) is 6.07 Å². The summed E-state index contributed by atoms with van der Waals surface area (Å²) in [6.07, 6.45) is 3.44. The third-order valence-electron chi connectivity index (χ3n) is 1.26. The van der Waals surface area contributed by atoms with Crippen LogP contribution in [0.25, 0.3) is 0 Å². The summed E-state index contributed by atoms with van der Waals surface area (Å²) < 4.78 is 1.76. The number of carbonyl (C=O) groups is 1. The molecule has 0 unspecified atom stereocenters. The van der Waals surface area contributed by atoms with Gasteiger partial charge in [-0.2, -0.15) is 0 Å². The first-order valence-electron chi connectivity index (χ1n) is 3.12. The second-order valence-electron chi connectivity index (χ2n) is 2.13. The van der Waals surface area contributed by atoms with Gasteiger partial charge in [-0.1, -0.05) is 6.07 Å². The van der Waals surface area contributed by atoms with Crippen LogP contribution in [0.3, 0.4) is 0 Å². The number of aromatic nitrogens is 1. The first kappa shape index (κ1) is 11.2. The molecule has 62 valence electrons. The Hall–Kier alpha value is -0.822. The number of rotatable bonds is 1. The standard InChI is InChI=1S/C8H8N2O.W/c1-9-8(11)7-4-3-5-10(2)6-7;/h3,5-6H,1H2,2H3;. The molecule has 1 amide bonds. The second-order valence-corrected chi connectivity index (χ2v) is 2.13. The van der Waals surface area contributed by atoms with E-state index in [1.807, 2.05) is 7.05 Å². The van der Waals surface area contributed by atoms with Gasteiger partial charge in [-0.3, -0.25) is 9.56 Å². The van der Waals surface area contributed by atoms with Gasteiger partial charge in [0.2, 0.25) is 0 Å². The van der Waals surface area contributed by atoms with E-state index in [-0.39, 0.29) is 27.0 Å². The van der Waals surface area contributed by atoms with Gasteiger partial charge in [-0.25, -0.2) is 0 Å². The van der Waals surface area contributed by atoms with Crippen LogP contribution in [-0.2, 0) is 28.1 Å². The van der Waals surface area contributed by atoms with Gasteiger partial charge in [0.1, 0.15) is 7.05 Å². The molecule has 0 radical (unpaired) electrons. The van der Waals surface area contributed by atoms with Gasteiger partial charge < -0.3 is 4.79 Å². The zero-order valence-corrected chi connectivity index (χ0v) is 9.58. The number of hydrogen-bond donors (Lipinski definition) is 0. The van der Waals surface area contributed by atoms with Gasteiger partial charge in [0.15, 0.2) is 5.91 Å². The largest absolute Gasteiger partial charge is 0.325 e. The minimum atomic E-state index is -0.346. The molecule has 1 aromatic rings. The first-order chi connectivity index (χ1) is 5.24. The van der Waals surface area contributed by atoms with Crippen molar-refractivity contribution in [1.82, 2.24) is 0 Å². The molecular weight excluding hydrogens is 324 g/mol. The van der Waals surface area contributed by atoms with Gasteiger partial charge in [0.25, 0.3) is 0 Å². The number of carbonyl (C=O) groups excluding carboxylic acids is 1. The number of nitrogens with zero attached hydrogens (tertiary/aromatic N) is 2. The Kier molecular flexibility index (Phi) is 4.60. The molecule has 0 aliphatic rings. The van der Waals surface area contributed by atoms with Crippen molar-refractivity contribution in [2.45, 2.75) is 0 Å². The summed E-state index contributed by atoms with van der Waals surface area (Å²) in [5.41, 5.74) is 0.435. The summed E-state index contributed by atoms with van der Waals surface area (Å²) in [5, 5.41) is 0. The normalized spacial score (nSPS) is 8.42. The molecular formula is C8H8N2OW. The molecule has 0 saturated carbocycles. The number of aliphatic imine (C=N–C) groups is 1. The Balaban J connectivity index is 0.00000121. The molecule has 1 heterocycles. The Bertz CT molecular complexity index is 299. The van der Waals surface area contributed by atoms with Crippen LogP contribution < -0.4 is 4.57 Å². The average molecular weight is 332 g/mol. The number of aryl methyl sites for hydroxylation is 1. The van der Waals surface area contributed by atoms with Gasteiger partial charge in [0, 0.05) is 21.1 Å².